The summed E-state index contributed by atoms with van der Waals surface area (Å²) in [5, 5.41) is 30.4. The van der Waals surface area contributed by atoms with Crippen LogP contribution in [0, 0.1) is 5.92 Å². The van der Waals surface area contributed by atoms with Crippen molar-refractivity contribution in [2.75, 3.05) is 13.2 Å². The quantitative estimate of drug-likeness (QED) is 0.370. The molecule has 0 saturated carbocycles. The van der Waals surface area contributed by atoms with Gasteiger partial charge in [-0.15, -0.1) is 0 Å². The van der Waals surface area contributed by atoms with Crippen LogP contribution in [0.4, 0.5) is 0 Å². The normalized spacial score (nSPS) is 45.8. The van der Waals surface area contributed by atoms with Crippen LogP contribution in [0.1, 0.15) is 6.92 Å². The molecule has 4 nitrogen and oxygen atoms in total. The van der Waals surface area contributed by atoms with E-state index >= 15 is 0 Å². The zero-order valence-electron chi connectivity index (χ0n) is 6.57. The van der Waals surface area contributed by atoms with Crippen molar-refractivity contribution in [3.63, 3.8) is 0 Å². The van der Waals surface area contributed by atoms with Gasteiger partial charge in [-0.05, 0) is 6.92 Å². The van der Waals surface area contributed by atoms with Gasteiger partial charge in [0.05, 0.1) is 12.2 Å². The highest BCUT2D eigenvalue weighted by molar-refractivity contribution is 4.89. The SMILES string of the molecule is C[C@H]1NC[C@H](CO)[C@@H](O)[C@@H]1O. The second-order valence-corrected chi connectivity index (χ2v) is 3.12. The molecule has 1 heterocycles. The van der Waals surface area contributed by atoms with Crippen molar-refractivity contribution in [2.45, 2.75) is 25.2 Å². The van der Waals surface area contributed by atoms with Gasteiger partial charge in [0.15, 0.2) is 0 Å². The Hall–Kier alpha value is -0.160. The van der Waals surface area contributed by atoms with Crippen molar-refractivity contribution in [3.05, 3.63) is 0 Å². The van der Waals surface area contributed by atoms with Gasteiger partial charge in [0.2, 0.25) is 0 Å². The van der Waals surface area contributed by atoms with E-state index in [1.54, 1.807) is 0 Å². The van der Waals surface area contributed by atoms with Gasteiger partial charge < -0.3 is 20.6 Å². The van der Waals surface area contributed by atoms with E-state index in [4.69, 9.17) is 5.11 Å². The summed E-state index contributed by atoms with van der Waals surface area (Å²) in [5.74, 6) is -0.235. The highest BCUT2D eigenvalue weighted by Gasteiger charge is 2.34. The minimum atomic E-state index is -0.795. The number of piperidine rings is 1. The Morgan fingerprint density at radius 3 is 2.55 bits per heavy atom. The van der Waals surface area contributed by atoms with Crippen LogP contribution in [0.15, 0.2) is 0 Å². The van der Waals surface area contributed by atoms with Crippen molar-refractivity contribution in [2.24, 2.45) is 5.92 Å². The largest absolute Gasteiger partial charge is 0.396 e. The first-order valence-electron chi connectivity index (χ1n) is 3.87. The first-order valence-corrected chi connectivity index (χ1v) is 3.87. The van der Waals surface area contributed by atoms with Gasteiger partial charge in [0.25, 0.3) is 0 Å². The van der Waals surface area contributed by atoms with Crippen LogP contribution in [0.5, 0.6) is 0 Å². The number of hydrogen-bond acceptors (Lipinski definition) is 4. The molecule has 0 amide bonds. The second-order valence-electron chi connectivity index (χ2n) is 3.12. The van der Waals surface area contributed by atoms with Crippen LogP contribution in [-0.2, 0) is 0 Å². The second kappa shape index (κ2) is 3.49. The predicted molar refractivity (Wildman–Crippen MR) is 40.1 cm³/mol. The Balaban J connectivity index is 2.52. The summed E-state index contributed by atoms with van der Waals surface area (Å²) in [7, 11) is 0. The number of hydrogen-bond donors (Lipinski definition) is 4. The van der Waals surface area contributed by atoms with Crippen LogP contribution >= 0.6 is 0 Å². The molecule has 1 aliphatic heterocycles. The van der Waals surface area contributed by atoms with Gasteiger partial charge in [-0.2, -0.15) is 0 Å². The van der Waals surface area contributed by atoms with Crippen molar-refractivity contribution >= 4 is 0 Å². The van der Waals surface area contributed by atoms with Crippen molar-refractivity contribution in [3.8, 4) is 0 Å². The van der Waals surface area contributed by atoms with Crippen molar-refractivity contribution < 1.29 is 15.3 Å². The zero-order valence-corrected chi connectivity index (χ0v) is 6.57. The van der Waals surface area contributed by atoms with E-state index in [9.17, 15) is 10.2 Å². The standard InChI is InChI=1S/C7H15NO3/c1-4-6(10)7(11)5(3-9)2-8-4/h4-11H,2-3H2,1H3/t4-,5-,6-,7-/m1/s1. The Morgan fingerprint density at radius 1 is 1.36 bits per heavy atom. The molecule has 1 fully saturated rings. The molecule has 1 rings (SSSR count). The lowest BCUT2D eigenvalue weighted by Crippen LogP contribution is -2.56. The summed E-state index contributed by atoms with van der Waals surface area (Å²) >= 11 is 0. The minimum absolute atomic E-state index is 0.0854. The molecule has 0 aromatic rings. The average Bonchev–Trinajstić information content (AvgIpc) is 2.01. The van der Waals surface area contributed by atoms with Gasteiger partial charge in [-0.1, -0.05) is 0 Å². The van der Waals surface area contributed by atoms with E-state index in [0.717, 1.165) is 0 Å². The topological polar surface area (TPSA) is 72.7 Å². The molecular weight excluding hydrogens is 146 g/mol. The molecule has 1 saturated heterocycles. The van der Waals surface area contributed by atoms with Gasteiger partial charge >= 0.3 is 0 Å². The summed E-state index contributed by atoms with van der Waals surface area (Å²) in [6.07, 6.45) is -1.56. The molecule has 0 aromatic heterocycles. The number of aliphatic hydroxyl groups excluding tert-OH is 3. The van der Waals surface area contributed by atoms with Gasteiger partial charge in [0, 0.05) is 25.1 Å². The van der Waals surface area contributed by atoms with Crippen molar-refractivity contribution in [1.29, 1.82) is 0 Å². The summed E-state index contributed by atoms with van der Waals surface area (Å²) in [6, 6.07) is -0.0900. The molecule has 4 heteroatoms. The monoisotopic (exact) mass is 161 g/mol. The fraction of sp³-hybridized carbons (Fsp3) is 1.00. The third-order valence-corrected chi connectivity index (χ3v) is 2.28. The third kappa shape index (κ3) is 1.70. The van der Waals surface area contributed by atoms with Crippen LogP contribution < -0.4 is 5.32 Å². The molecule has 1 aliphatic rings. The third-order valence-electron chi connectivity index (χ3n) is 2.28. The molecule has 0 spiro atoms. The number of rotatable bonds is 1. The fourth-order valence-electron chi connectivity index (χ4n) is 1.33. The zero-order chi connectivity index (χ0) is 8.43. The molecule has 4 atom stereocenters. The van der Waals surface area contributed by atoms with Crippen LogP contribution in [0.25, 0.3) is 0 Å². The number of aliphatic hydroxyl groups is 3. The molecular formula is C7H15NO3. The fourth-order valence-corrected chi connectivity index (χ4v) is 1.33. The smallest absolute Gasteiger partial charge is 0.0952 e. The lowest BCUT2D eigenvalue weighted by atomic mass is 9.90. The molecule has 66 valence electrons. The van der Waals surface area contributed by atoms with E-state index in [2.05, 4.69) is 5.32 Å². The molecule has 0 aliphatic carbocycles. The summed E-state index contributed by atoms with van der Waals surface area (Å²) in [5.41, 5.74) is 0. The van der Waals surface area contributed by atoms with E-state index in [1.807, 2.05) is 6.92 Å². The maximum atomic E-state index is 9.36. The average molecular weight is 161 g/mol. The van der Waals surface area contributed by atoms with Crippen molar-refractivity contribution in [1.82, 2.24) is 5.32 Å². The highest BCUT2D eigenvalue weighted by atomic mass is 16.3. The van der Waals surface area contributed by atoms with Gasteiger partial charge in [-0.25, -0.2) is 0 Å². The van der Waals surface area contributed by atoms with Gasteiger partial charge in [-0.3, -0.25) is 0 Å². The maximum absolute atomic E-state index is 9.36. The predicted octanol–water partition coefficient (Wildman–Crippen LogP) is -1.69. The number of nitrogens with one attached hydrogen (secondary N) is 1. The lowest BCUT2D eigenvalue weighted by molar-refractivity contribution is -0.0675. The molecule has 0 unspecified atom stereocenters. The highest BCUT2D eigenvalue weighted by Crippen LogP contribution is 2.14. The van der Waals surface area contributed by atoms with Gasteiger partial charge in [0.1, 0.15) is 0 Å². The molecule has 0 aromatic carbocycles. The van der Waals surface area contributed by atoms with Crippen LogP contribution in [-0.4, -0.2) is 46.7 Å². The molecule has 0 radical (unpaired) electrons. The Bertz CT molecular complexity index is 129. The molecule has 11 heavy (non-hydrogen) atoms. The Labute approximate surface area is 65.9 Å². The van der Waals surface area contributed by atoms with E-state index in [0.29, 0.717) is 6.54 Å². The first-order chi connectivity index (χ1) is 5.16. The first kappa shape index (κ1) is 8.93. The lowest BCUT2D eigenvalue weighted by Gasteiger charge is -2.35. The molecule has 4 N–H and O–H groups in total. The Kier molecular flexibility index (Phi) is 2.84. The van der Waals surface area contributed by atoms with E-state index in [1.165, 1.54) is 0 Å². The Morgan fingerprint density at radius 2 is 2.00 bits per heavy atom. The van der Waals surface area contributed by atoms with E-state index in [-0.39, 0.29) is 18.6 Å². The van der Waals surface area contributed by atoms with Crippen LogP contribution in [0.2, 0.25) is 0 Å². The summed E-state index contributed by atoms with van der Waals surface area (Å²) in [6.45, 7) is 2.29. The molecule has 0 bridgehead atoms. The summed E-state index contributed by atoms with van der Waals surface area (Å²) < 4.78 is 0. The summed E-state index contributed by atoms with van der Waals surface area (Å²) in [4.78, 5) is 0. The van der Waals surface area contributed by atoms with E-state index < -0.39 is 12.2 Å². The van der Waals surface area contributed by atoms with Crippen LogP contribution in [0.3, 0.4) is 0 Å². The maximum Gasteiger partial charge on any atom is 0.0952 e. The minimum Gasteiger partial charge on any atom is -0.396 e.